The van der Waals surface area contributed by atoms with Crippen molar-refractivity contribution >= 4 is 5.78 Å². The number of carbonyl (C=O) groups is 1. The molecule has 0 amide bonds. The maximum Gasteiger partial charge on any atom is 0.266 e. The van der Waals surface area contributed by atoms with Crippen LogP contribution in [0.15, 0.2) is 41.3 Å². The van der Waals surface area contributed by atoms with Crippen molar-refractivity contribution < 1.29 is 4.79 Å². The van der Waals surface area contributed by atoms with E-state index in [0.29, 0.717) is 17.2 Å². The number of nitrogens with zero attached hydrogens (tertiary/aromatic N) is 1. The lowest BCUT2D eigenvalue weighted by atomic mass is 9.92. The number of aromatic nitrogens is 3. The number of rotatable bonds is 7. The van der Waals surface area contributed by atoms with Gasteiger partial charge in [0.2, 0.25) is 0 Å². The highest BCUT2D eigenvalue weighted by Crippen LogP contribution is 2.20. The highest BCUT2D eigenvalue weighted by atomic mass is 16.1. The van der Waals surface area contributed by atoms with Crippen LogP contribution in [0.5, 0.6) is 0 Å². The maximum absolute atomic E-state index is 12.1. The van der Waals surface area contributed by atoms with Gasteiger partial charge in [0.25, 0.3) is 5.56 Å². The van der Waals surface area contributed by atoms with E-state index in [1.165, 1.54) is 37.8 Å². The Morgan fingerprint density at radius 2 is 1.89 bits per heavy atom. The van der Waals surface area contributed by atoms with Crippen LogP contribution in [0.1, 0.15) is 61.6 Å². The fourth-order valence-corrected chi connectivity index (χ4v) is 3.19. The second-order valence-electron chi connectivity index (χ2n) is 6.99. The summed E-state index contributed by atoms with van der Waals surface area (Å²) in [6.45, 7) is 7.67. The smallest absolute Gasteiger partial charge is 0.266 e. The highest BCUT2D eigenvalue weighted by Gasteiger charge is 2.07. The Morgan fingerprint density at radius 1 is 1.19 bits per heavy atom. The van der Waals surface area contributed by atoms with Crippen LogP contribution in [0.4, 0.5) is 0 Å². The first-order chi connectivity index (χ1) is 12.9. The highest BCUT2D eigenvalue weighted by molar-refractivity contribution is 5.93. The Kier molecular flexibility index (Phi) is 7.53. The molecule has 0 spiro atoms. The van der Waals surface area contributed by atoms with Gasteiger partial charge in [0.1, 0.15) is 5.69 Å². The van der Waals surface area contributed by atoms with E-state index in [9.17, 15) is 9.59 Å². The van der Waals surface area contributed by atoms with Crippen molar-refractivity contribution in [2.45, 2.75) is 53.4 Å². The molecule has 0 aliphatic rings. The SMILES string of the molecule is CCCC(CC)Cc1ccc(-c2cc(=O)[nH]nc(C(C)=O)c(C)c[nH]2)cc1. The molecule has 144 valence electrons. The number of Topliss-reactive ketones (excluding diaryl/α,β-unsaturated/α-hetero) is 1. The van der Waals surface area contributed by atoms with Crippen LogP contribution >= 0.6 is 0 Å². The lowest BCUT2D eigenvalue weighted by Gasteiger charge is -2.13. The first-order valence-corrected chi connectivity index (χ1v) is 9.57. The third-order valence-electron chi connectivity index (χ3n) is 4.77. The van der Waals surface area contributed by atoms with Gasteiger partial charge in [0.05, 0.1) is 5.69 Å². The van der Waals surface area contributed by atoms with Crippen molar-refractivity contribution in [1.29, 1.82) is 0 Å². The summed E-state index contributed by atoms with van der Waals surface area (Å²) in [6.07, 6.45) is 6.41. The van der Waals surface area contributed by atoms with Gasteiger partial charge in [-0.15, -0.1) is 0 Å². The molecule has 2 N–H and O–H groups in total. The van der Waals surface area contributed by atoms with Gasteiger partial charge >= 0.3 is 0 Å². The van der Waals surface area contributed by atoms with Gasteiger partial charge in [-0.05, 0) is 36.0 Å². The number of hydrogen-bond acceptors (Lipinski definition) is 3. The van der Waals surface area contributed by atoms with Crippen LogP contribution in [-0.4, -0.2) is 21.0 Å². The summed E-state index contributed by atoms with van der Waals surface area (Å²) in [5.74, 6) is 0.512. The van der Waals surface area contributed by atoms with Crippen LogP contribution in [0.2, 0.25) is 0 Å². The largest absolute Gasteiger partial charge is 0.361 e. The van der Waals surface area contributed by atoms with Crippen molar-refractivity contribution in [2.24, 2.45) is 5.92 Å². The molecule has 1 unspecified atom stereocenters. The summed E-state index contributed by atoms with van der Waals surface area (Å²) < 4.78 is 0. The molecule has 0 fully saturated rings. The van der Waals surface area contributed by atoms with Gasteiger partial charge < -0.3 is 4.98 Å². The van der Waals surface area contributed by atoms with E-state index < -0.39 is 0 Å². The summed E-state index contributed by atoms with van der Waals surface area (Å²) >= 11 is 0. The fourth-order valence-electron chi connectivity index (χ4n) is 3.19. The third-order valence-corrected chi connectivity index (χ3v) is 4.77. The molecule has 27 heavy (non-hydrogen) atoms. The second kappa shape index (κ2) is 9.86. The van der Waals surface area contributed by atoms with Crippen molar-refractivity contribution in [3.63, 3.8) is 0 Å². The second-order valence-corrected chi connectivity index (χ2v) is 6.99. The van der Waals surface area contributed by atoms with Crippen molar-refractivity contribution in [3.8, 4) is 11.3 Å². The van der Waals surface area contributed by atoms with Crippen LogP contribution in [0, 0.1) is 12.8 Å². The molecule has 2 rings (SSSR count). The molecule has 0 saturated heterocycles. The maximum atomic E-state index is 12.1. The van der Waals surface area contributed by atoms with E-state index in [2.05, 4.69) is 41.2 Å². The van der Waals surface area contributed by atoms with Gasteiger partial charge in [-0.1, -0.05) is 57.4 Å². The standard InChI is InChI=1S/C22H29N3O2/c1-5-7-17(6-2)12-18-8-10-19(11-9-18)20-13-21(27)24-25-22(16(4)26)15(3)14-23-20/h8-11,13-14,17,23H,5-7,12H2,1-4H3,(H,24,27). The zero-order valence-corrected chi connectivity index (χ0v) is 16.6. The van der Waals surface area contributed by atoms with Gasteiger partial charge in [-0.3, -0.25) is 9.59 Å². The molecule has 2 aromatic rings. The molecule has 5 heteroatoms. The molecule has 1 aromatic carbocycles. The molecule has 0 saturated carbocycles. The van der Waals surface area contributed by atoms with Gasteiger partial charge in [0, 0.05) is 19.2 Å². The van der Waals surface area contributed by atoms with Gasteiger partial charge in [-0.2, -0.15) is 5.10 Å². The Balaban J connectivity index is 2.39. The number of ketones is 1. The van der Waals surface area contributed by atoms with Crippen molar-refractivity contribution in [1.82, 2.24) is 15.2 Å². The zero-order chi connectivity index (χ0) is 19.8. The summed E-state index contributed by atoms with van der Waals surface area (Å²) in [5, 5.41) is 6.34. The van der Waals surface area contributed by atoms with Gasteiger partial charge in [-0.25, -0.2) is 5.10 Å². The molecule has 0 aliphatic carbocycles. The van der Waals surface area contributed by atoms with Crippen LogP contribution in [-0.2, 0) is 6.42 Å². The summed E-state index contributed by atoms with van der Waals surface area (Å²) in [4.78, 5) is 26.9. The summed E-state index contributed by atoms with van der Waals surface area (Å²) in [5.41, 5.74) is 3.41. The molecule has 0 bridgehead atoms. The fraction of sp³-hybridized carbons (Fsp3) is 0.409. The Morgan fingerprint density at radius 3 is 2.48 bits per heavy atom. The Labute approximate surface area is 160 Å². The van der Waals surface area contributed by atoms with Crippen molar-refractivity contribution in [3.05, 3.63) is 63.7 Å². The number of H-pyrrole nitrogens is 2. The Hall–Kier alpha value is -2.69. The average molecular weight is 367 g/mol. The van der Waals surface area contributed by atoms with E-state index in [-0.39, 0.29) is 17.0 Å². The molecule has 0 radical (unpaired) electrons. The monoisotopic (exact) mass is 367 g/mol. The lowest BCUT2D eigenvalue weighted by Crippen LogP contribution is -2.06. The topological polar surface area (TPSA) is 78.6 Å². The minimum Gasteiger partial charge on any atom is -0.361 e. The first kappa shape index (κ1) is 20.6. The van der Waals surface area contributed by atoms with E-state index in [1.807, 2.05) is 12.1 Å². The van der Waals surface area contributed by atoms with E-state index in [0.717, 1.165) is 12.0 Å². The number of nitrogens with one attached hydrogen (secondary N) is 2. The minimum absolute atomic E-state index is 0.198. The van der Waals surface area contributed by atoms with E-state index >= 15 is 0 Å². The van der Waals surface area contributed by atoms with Crippen LogP contribution in [0.3, 0.4) is 0 Å². The quantitative estimate of drug-likeness (QED) is 0.692. The predicted octanol–water partition coefficient (Wildman–Crippen LogP) is 4.77. The normalized spacial score (nSPS) is 11.7. The van der Waals surface area contributed by atoms with Crippen LogP contribution < -0.4 is 5.56 Å². The van der Waals surface area contributed by atoms with E-state index in [1.54, 1.807) is 13.1 Å². The van der Waals surface area contributed by atoms with Crippen molar-refractivity contribution in [2.75, 3.05) is 0 Å². The first-order valence-electron chi connectivity index (χ1n) is 9.57. The number of aryl methyl sites for hydroxylation is 1. The zero-order valence-electron chi connectivity index (χ0n) is 16.6. The summed E-state index contributed by atoms with van der Waals surface area (Å²) in [7, 11) is 0. The minimum atomic E-state index is -0.377. The number of carbonyl (C=O) groups excluding carboxylic acids is 1. The molecule has 1 atom stereocenters. The van der Waals surface area contributed by atoms with E-state index in [4.69, 9.17) is 0 Å². The molecule has 0 aliphatic heterocycles. The number of aromatic amines is 2. The number of hydrogen-bond donors (Lipinski definition) is 2. The molecular weight excluding hydrogens is 338 g/mol. The third kappa shape index (κ3) is 5.91. The molecular formula is C22H29N3O2. The number of benzene rings is 1. The Bertz CT molecular complexity index is 877. The lowest BCUT2D eigenvalue weighted by molar-refractivity contribution is 0.101. The predicted molar refractivity (Wildman–Crippen MR) is 109 cm³/mol. The van der Waals surface area contributed by atoms with Gasteiger partial charge in [0.15, 0.2) is 5.78 Å². The molecule has 5 nitrogen and oxygen atoms in total. The molecule has 1 aromatic heterocycles. The van der Waals surface area contributed by atoms with Crippen LogP contribution in [0.25, 0.3) is 11.3 Å². The average Bonchev–Trinajstić information content (AvgIpc) is 2.71. The molecule has 1 heterocycles. The summed E-state index contributed by atoms with van der Waals surface area (Å²) in [6, 6.07) is 9.74.